The Morgan fingerprint density at radius 3 is 2.77 bits per heavy atom. The van der Waals surface area contributed by atoms with Gasteiger partial charge in [0.15, 0.2) is 0 Å². The molecule has 1 aliphatic rings. The highest BCUT2D eigenvalue weighted by molar-refractivity contribution is 6.00. The van der Waals surface area contributed by atoms with E-state index in [0.717, 1.165) is 17.0 Å². The fourth-order valence-corrected chi connectivity index (χ4v) is 3.07. The van der Waals surface area contributed by atoms with E-state index in [1.807, 2.05) is 50.2 Å². The zero-order valence-corrected chi connectivity index (χ0v) is 15.0. The monoisotopic (exact) mass is 353 g/mol. The zero-order valence-electron chi connectivity index (χ0n) is 15.0. The van der Waals surface area contributed by atoms with Gasteiger partial charge in [0, 0.05) is 31.0 Å². The number of hydrogen-bond acceptors (Lipinski definition) is 4. The van der Waals surface area contributed by atoms with Crippen LogP contribution in [0.4, 0.5) is 5.69 Å². The van der Waals surface area contributed by atoms with Crippen LogP contribution in [-0.2, 0) is 9.59 Å². The molecule has 6 nitrogen and oxygen atoms in total. The molecule has 2 heterocycles. The van der Waals surface area contributed by atoms with Gasteiger partial charge in [-0.3, -0.25) is 14.6 Å². The molecule has 0 spiro atoms. The molecule has 136 valence electrons. The number of ether oxygens (including phenoxy) is 1. The van der Waals surface area contributed by atoms with E-state index in [1.54, 1.807) is 17.3 Å². The second-order valence-corrected chi connectivity index (χ2v) is 6.35. The van der Waals surface area contributed by atoms with Crippen molar-refractivity contribution < 1.29 is 14.3 Å². The van der Waals surface area contributed by atoms with E-state index in [-0.39, 0.29) is 30.2 Å². The van der Waals surface area contributed by atoms with Crippen molar-refractivity contribution in [2.45, 2.75) is 26.3 Å². The van der Waals surface area contributed by atoms with Gasteiger partial charge in [0.2, 0.25) is 11.8 Å². The third kappa shape index (κ3) is 4.02. The highest BCUT2D eigenvalue weighted by Gasteiger charge is 2.35. The molecule has 1 aromatic carbocycles. The van der Waals surface area contributed by atoms with E-state index >= 15 is 0 Å². The SMILES string of the molecule is CCOc1ccc(N2CC(C(=O)NC(C)c3cccnc3)CC2=O)cc1. The average Bonchev–Trinajstić information content (AvgIpc) is 3.05. The van der Waals surface area contributed by atoms with Crippen molar-refractivity contribution in [1.29, 1.82) is 0 Å². The summed E-state index contributed by atoms with van der Waals surface area (Å²) in [4.78, 5) is 30.7. The summed E-state index contributed by atoms with van der Waals surface area (Å²) in [6.45, 7) is 4.82. The lowest BCUT2D eigenvalue weighted by Crippen LogP contribution is -2.34. The predicted octanol–water partition coefficient (Wildman–Crippen LogP) is 2.71. The minimum absolute atomic E-state index is 0.0386. The Labute approximate surface area is 153 Å². The number of rotatable bonds is 6. The molecular formula is C20H23N3O3. The molecule has 1 aliphatic heterocycles. The van der Waals surface area contributed by atoms with Gasteiger partial charge >= 0.3 is 0 Å². The molecule has 1 aromatic heterocycles. The van der Waals surface area contributed by atoms with Crippen molar-refractivity contribution in [1.82, 2.24) is 10.3 Å². The van der Waals surface area contributed by atoms with Gasteiger partial charge in [0.25, 0.3) is 0 Å². The number of aromatic nitrogens is 1. The summed E-state index contributed by atoms with van der Waals surface area (Å²) in [6.07, 6.45) is 3.65. The second-order valence-electron chi connectivity index (χ2n) is 6.35. The summed E-state index contributed by atoms with van der Waals surface area (Å²) in [6, 6.07) is 11.0. The molecule has 1 fully saturated rings. The van der Waals surface area contributed by atoms with Gasteiger partial charge in [-0.05, 0) is 49.7 Å². The van der Waals surface area contributed by atoms with Crippen molar-refractivity contribution in [2.24, 2.45) is 5.92 Å². The minimum atomic E-state index is -0.354. The van der Waals surface area contributed by atoms with Crippen LogP contribution >= 0.6 is 0 Å². The van der Waals surface area contributed by atoms with E-state index in [9.17, 15) is 9.59 Å². The third-order valence-electron chi connectivity index (χ3n) is 4.50. The van der Waals surface area contributed by atoms with Crippen LogP contribution in [0.1, 0.15) is 31.9 Å². The number of anilines is 1. The molecule has 6 heteroatoms. The standard InChI is InChI=1S/C20H23N3O3/c1-3-26-18-8-6-17(7-9-18)23-13-16(11-19(23)24)20(25)22-14(2)15-5-4-10-21-12-15/h4-10,12,14,16H,3,11,13H2,1-2H3,(H,22,25). The van der Waals surface area contributed by atoms with E-state index in [0.29, 0.717) is 13.2 Å². The second kappa shape index (κ2) is 7.99. The number of nitrogens with zero attached hydrogens (tertiary/aromatic N) is 2. The van der Waals surface area contributed by atoms with Gasteiger partial charge < -0.3 is 15.0 Å². The predicted molar refractivity (Wildman–Crippen MR) is 98.9 cm³/mol. The molecule has 1 N–H and O–H groups in total. The minimum Gasteiger partial charge on any atom is -0.494 e. The highest BCUT2D eigenvalue weighted by Crippen LogP contribution is 2.27. The molecular weight excluding hydrogens is 330 g/mol. The van der Waals surface area contributed by atoms with Crippen LogP contribution in [-0.4, -0.2) is 29.9 Å². The molecule has 1 saturated heterocycles. The van der Waals surface area contributed by atoms with Gasteiger partial charge in [0.1, 0.15) is 5.75 Å². The number of carbonyl (C=O) groups excluding carboxylic acids is 2. The van der Waals surface area contributed by atoms with E-state index in [4.69, 9.17) is 4.74 Å². The van der Waals surface area contributed by atoms with Crippen LogP contribution in [0.3, 0.4) is 0 Å². The summed E-state index contributed by atoms with van der Waals surface area (Å²) in [5.41, 5.74) is 1.72. The Morgan fingerprint density at radius 1 is 1.35 bits per heavy atom. The lowest BCUT2D eigenvalue weighted by atomic mass is 10.1. The van der Waals surface area contributed by atoms with Crippen LogP contribution < -0.4 is 15.0 Å². The molecule has 3 rings (SSSR count). The molecule has 2 unspecified atom stereocenters. The highest BCUT2D eigenvalue weighted by atomic mass is 16.5. The normalized spacial score (nSPS) is 17.8. The quantitative estimate of drug-likeness (QED) is 0.867. The fraction of sp³-hybridized carbons (Fsp3) is 0.350. The molecule has 26 heavy (non-hydrogen) atoms. The number of carbonyl (C=O) groups is 2. The topological polar surface area (TPSA) is 71.5 Å². The van der Waals surface area contributed by atoms with Crippen LogP contribution in [0.5, 0.6) is 5.75 Å². The average molecular weight is 353 g/mol. The zero-order chi connectivity index (χ0) is 18.5. The number of benzene rings is 1. The van der Waals surface area contributed by atoms with Crippen molar-refractivity contribution in [3.05, 3.63) is 54.4 Å². The lowest BCUT2D eigenvalue weighted by molar-refractivity contribution is -0.126. The first-order valence-corrected chi connectivity index (χ1v) is 8.82. The molecule has 0 bridgehead atoms. The van der Waals surface area contributed by atoms with Crippen molar-refractivity contribution in [3.63, 3.8) is 0 Å². The van der Waals surface area contributed by atoms with Gasteiger partial charge in [-0.25, -0.2) is 0 Å². The Morgan fingerprint density at radius 2 is 2.12 bits per heavy atom. The van der Waals surface area contributed by atoms with Gasteiger partial charge in [0.05, 0.1) is 18.6 Å². The lowest BCUT2D eigenvalue weighted by Gasteiger charge is -2.19. The molecule has 2 amide bonds. The smallest absolute Gasteiger partial charge is 0.227 e. The molecule has 0 saturated carbocycles. The van der Waals surface area contributed by atoms with Crippen LogP contribution in [0.15, 0.2) is 48.8 Å². The first kappa shape index (κ1) is 17.9. The maximum atomic E-state index is 12.6. The number of hydrogen-bond donors (Lipinski definition) is 1. The largest absolute Gasteiger partial charge is 0.494 e. The number of pyridine rings is 1. The maximum absolute atomic E-state index is 12.6. The van der Waals surface area contributed by atoms with Gasteiger partial charge in [-0.2, -0.15) is 0 Å². The Kier molecular flexibility index (Phi) is 5.51. The van der Waals surface area contributed by atoms with E-state index in [2.05, 4.69) is 10.3 Å². The Hall–Kier alpha value is -2.89. The fourth-order valence-electron chi connectivity index (χ4n) is 3.07. The summed E-state index contributed by atoms with van der Waals surface area (Å²) >= 11 is 0. The van der Waals surface area contributed by atoms with Crippen LogP contribution in [0.25, 0.3) is 0 Å². The van der Waals surface area contributed by atoms with Gasteiger partial charge in [-0.1, -0.05) is 6.07 Å². The van der Waals surface area contributed by atoms with Crippen LogP contribution in [0.2, 0.25) is 0 Å². The van der Waals surface area contributed by atoms with Gasteiger partial charge in [-0.15, -0.1) is 0 Å². The molecule has 0 aliphatic carbocycles. The summed E-state index contributed by atoms with van der Waals surface area (Å²) in [5.74, 6) is 0.266. The van der Waals surface area contributed by atoms with E-state index in [1.165, 1.54) is 0 Å². The van der Waals surface area contributed by atoms with Crippen molar-refractivity contribution >= 4 is 17.5 Å². The first-order valence-electron chi connectivity index (χ1n) is 8.82. The van der Waals surface area contributed by atoms with Crippen LogP contribution in [0, 0.1) is 5.92 Å². The maximum Gasteiger partial charge on any atom is 0.227 e. The van der Waals surface area contributed by atoms with Crippen molar-refractivity contribution in [3.8, 4) is 5.75 Å². The molecule has 2 aromatic rings. The van der Waals surface area contributed by atoms with Crippen molar-refractivity contribution in [2.75, 3.05) is 18.1 Å². The number of nitrogens with one attached hydrogen (secondary N) is 1. The first-order chi connectivity index (χ1) is 12.6. The summed E-state index contributed by atoms with van der Waals surface area (Å²) < 4.78 is 5.42. The Bertz CT molecular complexity index is 762. The molecule has 0 radical (unpaired) electrons. The molecule has 2 atom stereocenters. The summed E-state index contributed by atoms with van der Waals surface area (Å²) in [7, 11) is 0. The third-order valence-corrected chi connectivity index (χ3v) is 4.50. The number of amides is 2. The summed E-state index contributed by atoms with van der Waals surface area (Å²) in [5, 5.41) is 2.98. The van der Waals surface area contributed by atoms with E-state index < -0.39 is 0 Å². The Balaban J connectivity index is 1.62.